The van der Waals surface area contributed by atoms with Gasteiger partial charge in [-0.2, -0.15) is 0 Å². The Labute approximate surface area is 102 Å². The van der Waals surface area contributed by atoms with Crippen LogP contribution in [0, 0.1) is 0 Å². The first-order valence-corrected chi connectivity index (χ1v) is 6.87. The fraction of sp³-hybridized carbons (Fsp3) is 0.222. The number of rotatable bonds is 3. The van der Waals surface area contributed by atoms with Crippen molar-refractivity contribution in [2.75, 3.05) is 18.1 Å². The Balaban J connectivity index is 3.23. The average Bonchev–Trinajstić information content (AvgIpc) is 2.17. The standard InChI is InChI=1S/C9H10BrNO4S/c1-15-9(12)7-5-6(10)3-4-8(7)11-16(2,13)14/h3-5,11H,1-2H3. The van der Waals surface area contributed by atoms with Crippen molar-refractivity contribution in [3.05, 3.63) is 28.2 Å². The van der Waals surface area contributed by atoms with Crippen LogP contribution >= 0.6 is 15.9 Å². The molecule has 0 bridgehead atoms. The molecule has 0 saturated carbocycles. The summed E-state index contributed by atoms with van der Waals surface area (Å²) < 4.78 is 29.6. The number of ether oxygens (including phenoxy) is 1. The Hall–Kier alpha value is -1.08. The lowest BCUT2D eigenvalue weighted by Crippen LogP contribution is -2.14. The molecule has 0 aromatic heterocycles. The van der Waals surface area contributed by atoms with E-state index in [0.29, 0.717) is 4.47 Å². The summed E-state index contributed by atoms with van der Waals surface area (Å²) >= 11 is 3.19. The lowest BCUT2D eigenvalue weighted by molar-refractivity contribution is 0.0602. The smallest absolute Gasteiger partial charge is 0.340 e. The maximum atomic E-state index is 11.4. The van der Waals surface area contributed by atoms with Gasteiger partial charge in [-0.1, -0.05) is 15.9 Å². The Morgan fingerprint density at radius 2 is 2.06 bits per heavy atom. The summed E-state index contributed by atoms with van der Waals surface area (Å²) in [5.41, 5.74) is 0.347. The maximum Gasteiger partial charge on any atom is 0.340 e. The molecule has 0 amide bonds. The largest absolute Gasteiger partial charge is 0.465 e. The van der Waals surface area contributed by atoms with Crippen molar-refractivity contribution in [3.8, 4) is 0 Å². The van der Waals surface area contributed by atoms with E-state index in [2.05, 4.69) is 25.4 Å². The predicted molar refractivity (Wildman–Crippen MR) is 63.9 cm³/mol. The van der Waals surface area contributed by atoms with Crippen LogP contribution < -0.4 is 4.72 Å². The number of halogens is 1. The fourth-order valence-electron chi connectivity index (χ4n) is 1.08. The van der Waals surface area contributed by atoms with Crippen LogP contribution in [0.5, 0.6) is 0 Å². The minimum atomic E-state index is -3.43. The summed E-state index contributed by atoms with van der Waals surface area (Å²) in [5.74, 6) is -0.604. The van der Waals surface area contributed by atoms with Crippen molar-refractivity contribution in [1.82, 2.24) is 0 Å². The van der Waals surface area contributed by atoms with E-state index in [1.807, 2.05) is 0 Å². The summed E-state index contributed by atoms with van der Waals surface area (Å²) in [6.45, 7) is 0. The van der Waals surface area contributed by atoms with E-state index in [1.54, 1.807) is 6.07 Å². The number of sulfonamides is 1. The first kappa shape index (κ1) is 13.0. The monoisotopic (exact) mass is 307 g/mol. The highest BCUT2D eigenvalue weighted by molar-refractivity contribution is 9.10. The van der Waals surface area contributed by atoms with E-state index in [4.69, 9.17) is 0 Å². The number of hydrogen-bond acceptors (Lipinski definition) is 4. The van der Waals surface area contributed by atoms with Crippen LogP contribution in [0.2, 0.25) is 0 Å². The number of nitrogens with one attached hydrogen (secondary N) is 1. The SMILES string of the molecule is COC(=O)c1cc(Br)ccc1NS(C)(=O)=O. The van der Waals surface area contributed by atoms with E-state index in [0.717, 1.165) is 6.26 Å². The summed E-state index contributed by atoms with van der Waals surface area (Å²) in [7, 11) is -2.20. The molecule has 5 nitrogen and oxygen atoms in total. The molecular formula is C9H10BrNO4S. The van der Waals surface area contributed by atoms with Gasteiger partial charge >= 0.3 is 5.97 Å². The molecule has 1 N–H and O–H groups in total. The average molecular weight is 308 g/mol. The Kier molecular flexibility index (Phi) is 3.93. The minimum absolute atomic E-state index is 0.155. The molecular weight excluding hydrogens is 298 g/mol. The summed E-state index contributed by atoms with van der Waals surface area (Å²) in [6, 6.07) is 4.59. The summed E-state index contributed by atoms with van der Waals surface area (Å²) in [6.07, 6.45) is 1.01. The lowest BCUT2D eigenvalue weighted by atomic mass is 10.2. The van der Waals surface area contributed by atoms with Crippen LogP contribution in [0.4, 0.5) is 5.69 Å². The van der Waals surface area contributed by atoms with Crippen LogP contribution in [0.3, 0.4) is 0 Å². The molecule has 0 spiro atoms. The van der Waals surface area contributed by atoms with Gasteiger partial charge in [0.1, 0.15) is 0 Å². The van der Waals surface area contributed by atoms with Gasteiger partial charge < -0.3 is 4.74 Å². The number of benzene rings is 1. The second kappa shape index (κ2) is 4.84. The Bertz CT molecular complexity index is 512. The van der Waals surface area contributed by atoms with Gasteiger partial charge in [-0.3, -0.25) is 4.72 Å². The van der Waals surface area contributed by atoms with Crippen molar-refractivity contribution in [2.24, 2.45) is 0 Å². The van der Waals surface area contributed by atoms with E-state index < -0.39 is 16.0 Å². The van der Waals surface area contributed by atoms with Crippen molar-refractivity contribution >= 4 is 37.6 Å². The van der Waals surface area contributed by atoms with Gasteiger partial charge in [0.25, 0.3) is 0 Å². The number of carbonyl (C=O) groups is 1. The molecule has 0 aliphatic rings. The molecule has 0 unspecified atom stereocenters. The molecule has 0 atom stereocenters. The number of esters is 1. The van der Waals surface area contributed by atoms with Crippen LogP contribution in [0.15, 0.2) is 22.7 Å². The topological polar surface area (TPSA) is 72.5 Å². The van der Waals surface area contributed by atoms with E-state index in [-0.39, 0.29) is 11.3 Å². The highest BCUT2D eigenvalue weighted by Crippen LogP contribution is 2.22. The summed E-state index contributed by atoms with van der Waals surface area (Å²) in [4.78, 5) is 11.4. The first-order valence-electron chi connectivity index (χ1n) is 4.19. The van der Waals surface area contributed by atoms with Crippen molar-refractivity contribution in [3.63, 3.8) is 0 Å². The molecule has 88 valence electrons. The molecule has 0 radical (unpaired) electrons. The number of methoxy groups -OCH3 is 1. The van der Waals surface area contributed by atoms with Crippen LogP contribution in [0.1, 0.15) is 10.4 Å². The molecule has 0 saturated heterocycles. The second-order valence-electron chi connectivity index (χ2n) is 3.06. The molecule has 0 aliphatic carbocycles. The van der Waals surface area contributed by atoms with E-state index in [9.17, 15) is 13.2 Å². The molecule has 16 heavy (non-hydrogen) atoms. The molecule has 0 aliphatic heterocycles. The molecule has 1 aromatic carbocycles. The second-order valence-corrected chi connectivity index (χ2v) is 5.72. The van der Waals surface area contributed by atoms with Gasteiger partial charge in [0.15, 0.2) is 0 Å². The zero-order valence-electron chi connectivity index (χ0n) is 8.65. The number of anilines is 1. The highest BCUT2D eigenvalue weighted by Gasteiger charge is 2.14. The number of carbonyl (C=O) groups excluding carboxylic acids is 1. The zero-order valence-corrected chi connectivity index (χ0v) is 11.1. The van der Waals surface area contributed by atoms with E-state index in [1.165, 1.54) is 19.2 Å². The third kappa shape index (κ3) is 3.49. The normalized spacial score (nSPS) is 10.9. The van der Waals surface area contributed by atoms with Crippen molar-refractivity contribution in [1.29, 1.82) is 0 Å². The maximum absolute atomic E-state index is 11.4. The predicted octanol–water partition coefficient (Wildman–Crippen LogP) is 1.61. The third-order valence-electron chi connectivity index (χ3n) is 1.68. The highest BCUT2D eigenvalue weighted by atomic mass is 79.9. The van der Waals surface area contributed by atoms with Crippen molar-refractivity contribution in [2.45, 2.75) is 0 Å². The minimum Gasteiger partial charge on any atom is -0.465 e. The summed E-state index contributed by atoms with van der Waals surface area (Å²) in [5, 5.41) is 0. The van der Waals surface area contributed by atoms with Gasteiger partial charge in [-0.25, -0.2) is 13.2 Å². The molecule has 7 heteroatoms. The van der Waals surface area contributed by atoms with Gasteiger partial charge in [0.2, 0.25) is 10.0 Å². The molecule has 0 heterocycles. The number of hydrogen-bond donors (Lipinski definition) is 1. The molecule has 0 fully saturated rings. The molecule has 1 rings (SSSR count). The quantitative estimate of drug-likeness (QED) is 0.861. The van der Waals surface area contributed by atoms with Gasteiger partial charge in [0.05, 0.1) is 24.6 Å². The van der Waals surface area contributed by atoms with Gasteiger partial charge in [-0.15, -0.1) is 0 Å². The lowest BCUT2D eigenvalue weighted by Gasteiger charge is -2.09. The van der Waals surface area contributed by atoms with Crippen LogP contribution in [-0.2, 0) is 14.8 Å². The van der Waals surface area contributed by atoms with Gasteiger partial charge in [-0.05, 0) is 18.2 Å². The zero-order chi connectivity index (χ0) is 12.3. The van der Waals surface area contributed by atoms with E-state index >= 15 is 0 Å². The Morgan fingerprint density at radius 1 is 1.44 bits per heavy atom. The van der Waals surface area contributed by atoms with Crippen molar-refractivity contribution < 1.29 is 17.9 Å². The van der Waals surface area contributed by atoms with Crippen LogP contribution in [0.25, 0.3) is 0 Å². The van der Waals surface area contributed by atoms with Crippen LogP contribution in [-0.4, -0.2) is 27.8 Å². The fourth-order valence-corrected chi connectivity index (χ4v) is 2.02. The van der Waals surface area contributed by atoms with Gasteiger partial charge in [0, 0.05) is 4.47 Å². The first-order chi connectivity index (χ1) is 7.33. The molecule has 1 aromatic rings. The Morgan fingerprint density at radius 3 is 2.56 bits per heavy atom. The third-order valence-corrected chi connectivity index (χ3v) is 2.77.